The van der Waals surface area contributed by atoms with Crippen LogP contribution in [0.2, 0.25) is 0 Å². The van der Waals surface area contributed by atoms with E-state index in [0.29, 0.717) is 17.7 Å². The highest BCUT2D eigenvalue weighted by Gasteiger charge is 2.39. The van der Waals surface area contributed by atoms with Crippen LogP contribution in [0.1, 0.15) is 38.8 Å². The number of hydrogen-bond acceptors (Lipinski definition) is 7. The normalized spacial score (nSPS) is 18.5. The number of sulfone groups is 2. The fourth-order valence-corrected chi connectivity index (χ4v) is 8.31. The molecule has 0 aromatic heterocycles. The molecule has 9 heteroatoms. The molecular formula is C32H23NO6S2. The van der Waals surface area contributed by atoms with Crippen LogP contribution in [-0.4, -0.2) is 34.9 Å². The van der Waals surface area contributed by atoms with Crippen molar-refractivity contribution >= 4 is 54.8 Å². The second-order valence-electron chi connectivity index (χ2n) is 9.60. The molecule has 0 radical (unpaired) electrons. The van der Waals surface area contributed by atoms with E-state index < -0.39 is 31.2 Å². The highest BCUT2D eigenvalue weighted by Crippen LogP contribution is 2.37. The second-order valence-corrected chi connectivity index (χ2v) is 13.4. The average molecular weight is 582 g/mol. The van der Waals surface area contributed by atoms with Crippen LogP contribution in [0.3, 0.4) is 0 Å². The van der Waals surface area contributed by atoms with Crippen LogP contribution in [0.4, 0.5) is 11.4 Å². The van der Waals surface area contributed by atoms with E-state index in [1.54, 1.807) is 48.5 Å². The number of Topliss-reactive ketones (excluding diaryl/α,β-unsaturated/α-hetero) is 2. The van der Waals surface area contributed by atoms with Gasteiger partial charge in [-0.2, -0.15) is 0 Å². The summed E-state index contributed by atoms with van der Waals surface area (Å²) in [6.07, 6.45) is 2.80. The predicted octanol–water partition coefficient (Wildman–Crippen LogP) is 5.87. The summed E-state index contributed by atoms with van der Waals surface area (Å²) < 4.78 is 51.6. The van der Waals surface area contributed by atoms with Gasteiger partial charge < -0.3 is 4.90 Å². The first kappa shape index (κ1) is 26.6. The molecule has 0 saturated carbocycles. The lowest BCUT2D eigenvalue weighted by Gasteiger charge is -2.23. The molecule has 0 spiro atoms. The van der Waals surface area contributed by atoms with E-state index >= 15 is 0 Å². The number of hydrogen-bond donors (Lipinski definition) is 0. The van der Waals surface area contributed by atoms with Gasteiger partial charge in [-0.25, -0.2) is 16.8 Å². The molecule has 4 aromatic carbocycles. The smallest absolute Gasteiger partial charge is 0.211 e. The van der Waals surface area contributed by atoms with Crippen molar-refractivity contribution in [1.82, 2.24) is 0 Å². The Balaban J connectivity index is 1.25. The van der Waals surface area contributed by atoms with Crippen molar-refractivity contribution in [3.05, 3.63) is 129 Å². The highest BCUT2D eigenvalue weighted by atomic mass is 32.2. The summed E-state index contributed by atoms with van der Waals surface area (Å²) in [7, 11) is -7.74. The summed E-state index contributed by atoms with van der Waals surface area (Å²) in [5.74, 6) is -1.02. The van der Waals surface area contributed by atoms with E-state index in [1.807, 2.05) is 36.1 Å². The summed E-state index contributed by atoms with van der Waals surface area (Å²) in [5, 5.41) is 0. The van der Waals surface area contributed by atoms with Crippen molar-refractivity contribution < 1.29 is 26.4 Å². The van der Waals surface area contributed by atoms with Crippen molar-refractivity contribution in [2.75, 3.05) is 11.4 Å². The fourth-order valence-electron chi connectivity index (χ4n) is 5.13. The Morgan fingerprint density at radius 1 is 0.561 bits per heavy atom. The van der Waals surface area contributed by atoms with E-state index in [2.05, 4.69) is 0 Å². The van der Waals surface area contributed by atoms with Gasteiger partial charge >= 0.3 is 0 Å². The van der Waals surface area contributed by atoms with Crippen molar-refractivity contribution in [3.8, 4) is 0 Å². The van der Waals surface area contributed by atoms with Crippen molar-refractivity contribution in [3.63, 3.8) is 0 Å². The third-order valence-electron chi connectivity index (χ3n) is 7.19. The maximum Gasteiger partial charge on any atom is 0.211 e. The van der Waals surface area contributed by atoms with Crippen LogP contribution in [0, 0.1) is 0 Å². The minimum absolute atomic E-state index is 0.0311. The monoisotopic (exact) mass is 581 g/mol. The fraction of sp³-hybridized carbons (Fsp3) is 0.0625. The Morgan fingerprint density at radius 3 is 1.27 bits per heavy atom. The molecule has 0 atom stereocenters. The van der Waals surface area contributed by atoms with Crippen LogP contribution in [0.15, 0.2) is 117 Å². The second kappa shape index (κ2) is 9.79. The van der Waals surface area contributed by atoms with E-state index in [-0.39, 0.29) is 30.7 Å². The minimum Gasteiger partial charge on any atom is -0.342 e. The Labute approximate surface area is 237 Å². The largest absolute Gasteiger partial charge is 0.342 e. The van der Waals surface area contributed by atoms with Crippen LogP contribution in [0.5, 0.6) is 0 Å². The predicted molar refractivity (Wildman–Crippen MR) is 157 cm³/mol. The average Bonchev–Trinajstić information content (AvgIpc) is 3.29. The Bertz CT molecular complexity index is 1880. The Hall–Kier alpha value is -4.60. The summed E-state index contributed by atoms with van der Waals surface area (Å²) in [6, 6.07) is 26.8. The zero-order valence-electron chi connectivity index (χ0n) is 21.8. The number of carbonyl (C=O) groups excluding carboxylic acids is 2. The van der Waals surface area contributed by atoms with Crippen LogP contribution in [0.25, 0.3) is 12.2 Å². The summed E-state index contributed by atoms with van der Waals surface area (Å²) in [6.45, 7) is 2.60. The van der Waals surface area contributed by atoms with Crippen molar-refractivity contribution in [1.29, 1.82) is 0 Å². The molecular weight excluding hydrogens is 558 g/mol. The number of ketones is 2. The standard InChI is InChI=1S/C32H23NO6S2/c1-2-33(23-15-11-21(12-16-23)19-29-31(34)25-7-3-5-9-27(25)40(29,36)37)24-17-13-22(14-18-24)20-30-32(35)26-8-4-6-10-28(26)41(30,38)39/h3-20H,2H2,1H3/b29-19-,30-20+. The van der Waals surface area contributed by atoms with Gasteiger partial charge in [0, 0.05) is 29.0 Å². The van der Waals surface area contributed by atoms with Gasteiger partial charge in [0.15, 0.2) is 0 Å². The van der Waals surface area contributed by atoms with E-state index in [1.165, 1.54) is 36.4 Å². The number of allylic oxidation sites excluding steroid dienone is 2. The van der Waals surface area contributed by atoms with E-state index in [4.69, 9.17) is 0 Å². The quantitative estimate of drug-likeness (QED) is 0.272. The van der Waals surface area contributed by atoms with Crippen molar-refractivity contribution in [2.45, 2.75) is 16.7 Å². The molecule has 0 aliphatic carbocycles. The molecule has 0 amide bonds. The molecule has 0 saturated heterocycles. The van der Waals surface area contributed by atoms with Gasteiger partial charge in [-0.1, -0.05) is 48.5 Å². The number of nitrogens with zero attached hydrogens (tertiary/aromatic N) is 1. The van der Waals surface area contributed by atoms with Gasteiger partial charge in [0.2, 0.25) is 31.2 Å². The lowest BCUT2D eigenvalue weighted by Crippen LogP contribution is -2.15. The molecule has 41 heavy (non-hydrogen) atoms. The van der Waals surface area contributed by atoms with Gasteiger partial charge in [0.1, 0.15) is 9.81 Å². The van der Waals surface area contributed by atoms with Gasteiger partial charge in [0.05, 0.1) is 9.79 Å². The first-order chi connectivity index (χ1) is 19.6. The molecule has 4 aromatic rings. The number of fused-ring (bicyclic) bond motifs is 2. The summed E-state index contributed by atoms with van der Waals surface area (Å²) >= 11 is 0. The first-order valence-corrected chi connectivity index (χ1v) is 15.8. The van der Waals surface area contributed by atoms with Crippen LogP contribution < -0.4 is 4.90 Å². The lowest BCUT2D eigenvalue weighted by molar-refractivity contribution is 0.103. The summed E-state index contributed by atoms with van der Waals surface area (Å²) in [5.41, 5.74) is 3.21. The Morgan fingerprint density at radius 2 is 0.927 bits per heavy atom. The number of benzene rings is 4. The van der Waals surface area contributed by atoms with E-state index in [9.17, 15) is 26.4 Å². The molecule has 2 aliphatic heterocycles. The molecule has 6 rings (SSSR count). The van der Waals surface area contributed by atoms with Crippen molar-refractivity contribution in [2.24, 2.45) is 0 Å². The number of rotatable bonds is 5. The molecule has 0 unspecified atom stereocenters. The third-order valence-corrected chi connectivity index (χ3v) is 10.8. The zero-order chi connectivity index (χ0) is 28.9. The minimum atomic E-state index is -3.87. The van der Waals surface area contributed by atoms with Gasteiger partial charge in [0.25, 0.3) is 0 Å². The van der Waals surface area contributed by atoms with Gasteiger partial charge in [-0.15, -0.1) is 0 Å². The molecule has 0 fully saturated rings. The molecule has 0 N–H and O–H groups in total. The lowest BCUT2D eigenvalue weighted by atomic mass is 10.1. The molecule has 204 valence electrons. The zero-order valence-corrected chi connectivity index (χ0v) is 23.4. The van der Waals surface area contributed by atoms with Gasteiger partial charge in [-0.05, 0) is 78.7 Å². The maximum atomic E-state index is 12.9. The highest BCUT2D eigenvalue weighted by molar-refractivity contribution is 7.97. The number of carbonyl (C=O) groups is 2. The van der Waals surface area contributed by atoms with E-state index in [0.717, 1.165) is 11.4 Å². The SMILES string of the molecule is CCN(c1ccc(/C=C2/C(=O)c3ccccc3S2(=O)=O)cc1)c1ccc(/C=C2\C(=O)c3ccccc3S2(=O)=O)cc1. The molecule has 0 bridgehead atoms. The molecule has 2 heterocycles. The topological polar surface area (TPSA) is 106 Å². The molecule has 2 aliphatic rings. The third kappa shape index (κ3) is 4.34. The van der Waals surface area contributed by atoms with Crippen LogP contribution in [-0.2, 0) is 19.7 Å². The molecule has 7 nitrogen and oxygen atoms in total. The Kier molecular flexibility index (Phi) is 6.36. The maximum absolute atomic E-state index is 12.9. The van der Waals surface area contributed by atoms with Crippen LogP contribution >= 0.6 is 0 Å². The number of anilines is 2. The summed E-state index contributed by atoms with van der Waals surface area (Å²) in [4.78, 5) is 27.1. The first-order valence-electron chi connectivity index (χ1n) is 12.8. The van der Waals surface area contributed by atoms with Gasteiger partial charge in [-0.3, -0.25) is 9.59 Å².